The minimum Gasteiger partial charge on any atom is -0.457 e. The summed E-state index contributed by atoms with van der Waals surface area (Å²) >= 11 is 0. The molecule has 2 unspecified atom stereocenters. The molecule has 4 amide bonds. The molecule has 2 heterocycles. The van der Waals surface area contributed by atoms with E-state index >= 15 is 0 Å². The number of carbonyl (C=O) groups excluding carboxylic acids is 3. The lowest BCUT2D eigenvalue weighted by Gasteiger charge is -2.33. The second kappa shape index (κ2) is 13.6. The summed E-state index contributed by atoms with van der Waals surface area (Å²) in [4.78, 5) is 44.3. The van der Waals surface area contributed by atoms with Crippen LogP contribution < -0.4 is 15.4 Å². The number of hydrogen-bond donors (Lipinski definition) is 2. The van der Waals surface area contributed by atoms with Crippen molar-refractivity contribution < 1.29 is 19.1 Å². The van der Waals surface area contributed by atoms with E-state index in [1.807, 2.05) is 93.6 Å². The van der Waals surface area contributed by atoms with Crippen molar-refractivity contribution in [1.29, 1.82) is 0 Å². The van der Waals surface area contributed by atoms with E-state index in [9.17, 15) is 14.4 Å². The predicted molar refractivity (Wildman–Crippen MR) is 166 cm³/mol. The third kappa shape index (κ3) is 6.91. The highest BCUT2D eigenvalue weighted by molar-refractivity contribution is 6.03. The van der Waals surface area contributed by atoms with E-state index in [1.165, 1.54) is 5.56 Å². The number of carbonyl (C=O) groups is 3. The highest BCUT2D eigenvalue weighted by Gasteiger charge is 2.46. The maximum absolute atomic E-state index is 14.2. The molecule has 43 heavy (non-hydrogen) atoms. The molecule has 5 rings (SSSR count). The lowest BCUT2D eigenvalue weighted by molar-refractivity contribution is -0.137. The quantitative estimate of drug-likeness (QED) is 0.264. The summed E-state index contributed by atoms with van der Waals surface area (Å²) in [6.45, 7) is 7.13. The van der Waals surface area contributed by atoms with Crippen LogP contribution in [0.2, 0.25) is 0 Å². The van der Waals surface area contributed by atoms with Crippen LogP contribution in [0.1, 0.15) is 50.8 Å². The Morgan fingerprint density at radius 2 is 1.67 bits per heavy atom. The third-order valence-corrected chi connectivity index (χ3v) is 7.89. The van der Waals surface area contributed by atoms with Gasteiger partial charge in [0.25, 0.3) is 5.91 Å². The topological polar surface area (TPSA) is 91.0 Å². The SMILES string of the molecule is CCN1C(=O)NC(c2cccc(Oc3ccccc3)c2)C2=C1CN(C(CC(C)C)C(=O)NCCCc1ccccc1)C2=O. The van der Waals surface area contributed by atoms with Gasteiger partial charge in [0.15, 0.2) is 0 Å². The first-order chi connectivity index (χ1) is 20.9. The smallest absolute Gasteiger partial charge is 0.322 e. The summed E-state index contributed by atoms with van der Waals surface area (Å²) < 4.78 is 6.04. The molecule has 0 fully saturated rings. The molecule has 0 aliphatic carbocycles. The highest BCUT2D eigenvalue weighted by atomic mass is 16.5. The number of benzene rings is 3. The van der Waals surface area contributed by atoms with Gasteiger partial charge < -0.3 is 20.3 Å². The Morgan fingerprint density at radius 3 is 2.37 bits per heavy atom. The lowest BCUT2D eigenvalue weighted by atomic mass is 9.95. The van der Waals surface area contributed by atoms with Crippen LogP contribution in [0.3, 0.4) is 0 Å². The summed E-state index contributed by atoms with van der Waals surface area (Å²) in [6.07, 6.45) is 2.19. The largest absolute Gasteiger partial charge is 0.457 e. The Bertz CT molecular complexity index is 1470. The van der Waals surface area contributed by atoms with Crippen LogP contribution in [0, 0.1) is 5.92 Å². The van der Waals surface area contributed by atoms with Gasteiger partial charge in [-0.05, 0) is 67.5 Å². The number of amides is 4. The van der Waals surface area contributed by atoms with Crippen molar-refractivity contribution in [2.24, 2.45) is 5.92 Å². The number of urea groups is 1. The number of nitrogens with one attached hydrogen (secondary N) is 2. The summed E-state index contributed by atoms with van der Waals surface area (Å²) in [7, 11) is 0. The second-order valence-electron chi connectivity index (χ2n) is 11.4. The molecule has 0 bridgehead atoms. The zero-order chi connectivity index (χ0) is 30.3. The minimum atomic E-state index is -0.657. The molecular weight excluding hydrogens is 540 g/mol. The minimum absolute atomic E-state index is 0.160. The summed E-state index contributed by atoms with van der Waals surface area (Å²) in [6, 6.07) is 25.5. The van der Waals surface area contributed by atoms with Crippen LogP contribution in [-0.2, 0) is 16.0 Å². The van der Waals surface area contributed by atoms with E-state index in [0.717, 1.165) is 18.4 Å². The molecule has 2 aliphatic heterocycles. The Balaban J connectivity index is 1.36. The summed E-state index contributed by atoms with van der Waals surface area (Å²) in [5.41, 5.74) is 3.12. The van der Waals surface area contributed by atoms with Crippen LogP contribution in [0.5, 0.6) is 11.5 Å². The fourth-order valence-corrected chi connectivity index (χ4v) is 5.82. The third-order valence-electron chi connectivity index (χ3n) is 7.89. The summed E-state index contributed by atoms with van der Waals surface area (Å²) in [5, 5.41) is 6.12. The molecule has 0 saturated heterocycles. The van der Waals surface area contributed by atoms with Gasteiger partial charge in [-0.3, -0.25) is 14.5 Å². The van der Waals surface area contributed by atoms with Crippen LogP contribution in [-0.4, -0.2) is 53.3 Å². The molecule has 3 aromatic carbocycles. The maximum atomic E-state index is 14.2. The number of hydrogen-bond acceptors (Lipinski definition) is 4. The van der Waals surface area contributed by atoms with E-state index in [1.54, 1.807) is 9.80 Å². The fourth-order valence-electron chi connectivity index (χ4n) is 5.82. The van der Waals surface area contributed by atoms with Gasteiger partial charge in [0, 0.05) is 13.1 Å². The molecule has 2 aliphatic rings. The molecule has 2 atom stereocenters. The Hall–Kier alpha value is -4.59. The zero-order valence-electron chi connectivity index (χ0n) is 25.1. The highest BCUT2D eigenvalue weighted by Crippen LogP contribution is 2.38. The van der Waals surface area contributed by atoms with Crippen molar-refractivity contribution in [2.75, 3.05) is 19.6 Å². The van der Waals surface area contributed by atoms with Crippen molar-refractivity contribution in [1.82, 2.24) is 20.4 Å². The molecule has 0 radical (unpaired) electrons. The number of nitrogens with zero attached hydrogens (tertiary/aromatic N) is 2. The first kappa shape index (κ1) is 29.9. The summed E-state index contributed by atoms with van der Waals surface area (Å²) in [5.74, 6) is 1.10. The van der Waals surface area contributed by atoms with Gasteiger partial charge in [-0.15, -0.1) is 0 Å². The van der Waals surface area contributed by atoms with Crippen molar-refractivity contribution in [3.8, 4) is 11.5 Å². The lowest BCUT2D eigenvalue weighted by Crippen LogP contribution is -2.49. The molecule has 8 heteroatoms. The van der Waals surface area contributed by atoms with E-state index in [4.69, 9.17) is 4.74 Å². The normalized spacial score (nSPS) is 17.2. The van der Waals surface area contributed by atoms with Crippen molar-refractivity contribution >= 4 is 17.8 Å². The van der Waals surface area contributed by atoms with Gasteiger partial charge in [-0.1, -0.05) is 74.5 Å². The van der Waals surface area contributed by atoms with Gasteiger partial charge in [0.1, 0.15) is 17.5 Å². The fraction of sp³-hybridized carbons (Fsp3) is 0.343. The Labute approximate surface area is 253 Å². The van der Waals surface area contributed by atoms with Crippen LogP contribution >= 0.6 is 0 Å². The van der Waals surface area contributed by atoms with E-state index < -0.39 is 12.1 Å². The number of aryl methyl sites for hydroxylation is 1. The van der Waals surface area contributed by atoms with Crippen LogP contribution in [0.15, 0.2) is 96.2 Å². The number of para-hydroxylation sites is 1. The van der Waals surface area contributed by atoms with Crippen LogP contribution in [0.4, 0.5) is 4.79 Å². The van der Waals surface area contributed by atoms with Crippen molar-refractivity contribution in [3.05, 3.63) is 107 Å². The predicted octanol–water partition coefficient (Wildman–Crippen LogP) is 5.83. The first-order valence-electron chi connectivity index (χ1n) is 15.1. The number of rotatable bonds is 12. The molecule has 224 valence electrons. The number of ether oxygens (including phenoxy) is 1. The van der Waals surface area contributed by atoms with Gasteiger partial charge >= 0.3 is 6.03 Å². The monoisotopic (exact) mass is 580 g/mol. The molecule has 3 aromatic rings. The van der Waals surface area contributed by atoms with Crippen molar-refractivity contribution in [2.45, 2.75) is 52.1 Å². The number of likely N-dealkylation sites (N-methyl/N-ethyl adjacent to an activating group) is 1. The molecule has 0 aromatic heterocycles. The molecular formula is C35H40N4O4. The van der Waals surface area contributed by atoms with E-state index in [0.29, 0.717) is 42.3 Å². The molecule has 0 spiro atoms. The first-order valence-corrected chi connectivity index (χ1v) is 15.1. The molecule has 2 N–H and O–H groups in total. The van der Waals surface area contributed by atoms with Gasteiger partial charge in [-0.2, -0.15) is 0 Å². The van der Waals surface area contributed by atoms with Gasteiger partial charge in [-0.25, -0.2) is 4.79 Å². The average molecular weight is 581 g/mol. The van der Waals surface area contributed by atoms with Gasteiger partial charge in [0.2, 0.25) is 5.91 Å². The molecule has 8 nitrogen and oxygen atoms in total. The molecule has 0 saturated carbocycles. The van der Waals surface area contributed by atoms with Gasteiger partial charge in [0.05, 0.1) is 23.9 Å². The maximum Gasteiger partial charge on any atom is 0.322 e. The van der Waals surface area contributed by atoms with Crippen molar-refractivity contribution in [3.63, 3.8) is 0 Å². The average Bonchev–Trinajstić information content (AvgIpc) is 3.35. The van der Waals surface area contributed by atoms with Crippen LogP contribution in [0.25, 0.3) is 0 Å². The Kier molecular flexibility index (Phi) is 9.45. The zero-order valence-corrected chi connectivity index (χ0v) is 25.1. The van der Waals surface area contributed by atoms with E-state index in [-0.39, 0.29) is 30.3 Å². The standard InChI is InChI=1S/C35H40N4O4/c1-4-38-30-23-39(29(21-24(2)3)33(40)36-20-12-15-25-13-7-5-8-14-25)34(41)31(30)32(37-35(38)42)26-16-11-19-28(22-26)43-27-17-9-6-10-18-27/h5-11,13-14,16-19,22,24,29,32H,4,12,15,20-21,23H2,1-3H3,(H,36,40)(H,37,42). The second-order valence-corrected chi connectivity index (χ2v) is 11.4. The van der Waals surface area contributed by atoms with E-state index in [2.05, 4.69) is 22.8 Å². The Morgan fingerprint density at radius 1 is 0.977 bits per heavy atom.